The summed E-state index contributed by atoms with van der Waals surface area (Å²) in [6.07, 6.45) is -0.558. The maximum absolute atomic E-state index is 11.9. The van der Waals surface area contributed by atoms with Gasteiger partial charge in [-0.25, -0.2) is 9.59 Å². The minimum Gasteiger partial charge on any atom is -0.466 e. The lowest BCUT2D eigenvalue weighted by atomic mass is 10.2. The van der Waals surface area contributed by atoms with E-state index >= 15 is 0 Å². The molecule has 6 nitrogen and oxygen atoms in total. The Morgan fingerprint density at radius 2 is 2.06 bits per heavy atom. The standard InChI is InChI=1S/C12H19NO5/c1-6-8-7-13(9(17-8)10(14)16-5)11(15)18-12(2,3)4/h6,8-9H,1,7H2,2-5H3. The molecule has 1 aliphatic heterocycles. The highest BCUT2D eigenvalue weighted by Crippen LogP contribution is 2.21. The van der Waals surface area contributed by atoms with Crippen molar-refractivity contribution in [1.29, 1.82) is 0 Å². The molecule has 0 aromatic carbocycles. The second-order valence-corrected chi connectivity index (χ2v) is 4.92. The van der Waals surface area contributed by atoms with E-state index < -0.39 is 30.0 Å². The number of rotatable bonds is 2. The number of hydrogen-bond donors (Lipinski definition) is 0. The molecule has 1 amide bonds. The molecule has 2 atom stereocenters. The van der Waals surface area contributed by atoms with Crippen molar-refractivity contribution < 1.29 is 23.8 Å². The summed E-state index contributed by atoms with van der Waals surface area (Å²) in [5.74, 6) is -0.634. The Labute approximate surface area is 106 Å². The number of amides is 1. The van der Waals surface area contributed by atoms with Crippen molar-refractivity contribution in [2.75, 3.05) is 13.7 Å². The van der Waals surface area contributed by atoms with Crippen LogP contribution < -0.4 is 0 Å². The Balaban J connectivity index is 2.80. The quantitative estimate of drug-likeness (QED) is 0.551. The Morgan fingerprint density at radius 1 is 1.44 bits per heavy atom. The van der Waals surface area contributed by atoms with Gasteiger partial charge in [0.2, 0.25) is 6.23 Å². The molecule has 102 valence electrons. The van der Waals surface area contributed by atoms with E-state index in [-0.39, 0.29) is 6.54 Å². The van der Waals surface area contributed by atoms with E-state index in [0.717, 1.165) is 0 Å². The molecule has 6 heteroatoms. The Hall–Kier alpha value is -1.56. The van der Waals surface area contributed by atoms with Crippen LogP contribution in [0.2, 0.25) is 0 Å². The van der Waals surface area contributed by atoms with Crippen molar-refractivity contribution in [1.82, 2.24) is 4.90 Å². The number of esters is 1. The molecule has 0 N–H and O–H groups in total. The van der Waals surface area contributed by atoms with Gasteiger partial charge in [-0.2, -0.15) is 0 Å². The molecule has 0 aliphatic carbocycles. The molecule has 0 bridgehead atoms. The maximum atomic E-state index is 11.9. The number of carbonyl (C=O) groups is 2. The van der Waals surface area contributed by atoms with Crippen LogP contribution in [-0.2, 0) is 19.0 Å². The summed E-state index contributed by atoms with van der Waals surface area (Å²) in [5, 5.41) is 0. The SMILES string of the molecule is C=CC1CN(C(=O)OC(C)(C)C)C(C(=O)OC)O1. The molecule has 1 aliphatic rings. The van der Waals surface area contributed by atoms with E-state index in [1.807, 2.05) is 0 Å². The summed E-state index contributed by atoms with van der Waals surface area (Å²) < 4.78 is 15.1. The lowest BCUT2D eigenvalue weighted by Crippen LogP contribution is -2.44. The molecular weight excluding hydrogens is 238 g/mol. The number of ether oxygens (including phenoxy) is 3. The van der Waals surface area contributed by atoms with Crippen molar-refractivity contribution in [3.63, 3.8) is 0 Å². The number of carbonyl (C=O) groups excluding carboxylic acids is 2. The van der Waals surface area contributed by atoms with Gasteiger partial charge in [-0.05, 0) is 20.8 Å². The zero-order chi connectivity index (χ0) is 13.9. The summed E-state index contributed by atoms with van der Waals surface area (Å²) in [6.45, 7) is 9.05. The van der Waals surface area contributed by atoms with Gasteiger partial charge in [-0.3, -0.25) is 4.90 Å². The molecular formula is C12H19NO5. The molecule has 0 aromatic rings. The highest BCUT2D eigenvalue weighted by Gasteiger charge is 2.42. The molecule has 0 spiro atoms. The third kappa shape index (κ3) is 3.46. The van der Waals surface area contributed by atoms with Gasteiger partial charge in [0.05, 0.1) is 19.8 Å². The fourth-order valence-electron chi connectivity index (χ4n) is 1.48. The molecule has 0 aromatic heterocycles. The van der Waals surface area contributed by atoms with E-state index in [1.54, 1.807) is 20.8 Å². The van der Waals surface area contributed by atoms with Crippen LogP contribution in [0.1, 0.15) is 20.8 Å². The van der Waals surface area contributed by atoms with Gasteiger partial charge in [0.25, 0.3) is 0 Å². The predicted octanol–water partition coefficient (Wildman–Crippen LogP) is 1.31. The lowest BCUT2D eigenvalue weighted by molar-refractivity contribution is -0.159. The molecule has 1 fully saturated rings. The van der Waals surface area contributed by atoms with Gasteiger partial charge >= 0.3 is 12.1 Å². The zero-order valence-corrected chi connectivity index (χ0v) is 11.1. The largest absolute Gasteiger partial charge is 0.466 e. The van der Waals surface area contributed by atoms with Crippen LogP contribution in [0.25, 0.3) is 0 Å². The van der Waals surface area contributed by atoms with E-state index in [9.17, 15) is 9.59 Å². The fourth-order valence-corrected chi connectivity index (χ4v) is 1.48. The molecule has 1 saturated heterocycles. The van der Waals surface area contributed by atoms with Crippen LogP contribution in [0, 0.1) is 0 Å². The van der Waals surface area contributed by atoms with Crippen LogP contribution in [0.3, 0.4) is 0 Å². The molecule has 0 saturated carbocycles. The monoisotopic (exact) mass is 257 g/mol. The van der Waals surface area contributed by atoms with Gasteiger partial charge in [0.15, 0.2) is 0 Å². The lowest BCUT2D eigenvalue weighted by Gasteiger charge is -2.26. The van der Waals surface area contributed by atoms with Gasteiger partial charge < -0.3 is 14.2 Å². The average Bonchev–Trinajstić information content (AvgIpc) is 2.69. The molecule has 0 radical (unpaired) electrons. The van der Waals surface area contributed by atoms with Gasteiger partial charge in [0, 0.05) is 0 Å². The van der Waals surface area contributed by atoms with E-state index in [0.29, 0.717) is 0 Å². The average molecular weight is 257 g/mol. The van der Waals surface area contributed by atoms with Crippen LogP contribution in [0.4, 0.5) is 4.79 Å². The van der Waals surface area contributed by atoms with E-state index in [2.05, 4.69) is 11.3 Å². The van der Waals surface area contributed by atoms with Crippen LogP contribution in [-0.4, -0.2) is 48.5 Å². The van der Waals surface area contributed by atoms with Gasteiger partial charge in [0.1, 0.15) is 5.60 Å². The predicted molar refractivity (Wildman–Crippen MR) is 63.8 cm³/mol. The Morgan fingerprint density at radius 3 is 2.50 bits per heavy atom. The van der Waals surface area contributed by atoms with Crippen LogP contribution in [0.15, 0.2) is 12.7 Å². The first-order valence-electron chi connectivity index (χ1n) is 5.64. The van der Waals surface area contributed by atoms with Gasteiger partial charge in [-0.1, -0.05) is 6.08 Å². The van der Waals surface area contributed by atoms with Crippen molar-refractivity contribution in [3.05, 3.63) is 12.7 Å². The highest BCUT2D eigenvalue weighted by atomic mass is 16.6. The van der Waals surface area contributed by atoms with E-state index in [1.165, 1.54) is 18.1 Å². The first-order valence-corrected chi connectivity index (χ1v) is 5.64. The van der Waals surface area contributed by atoms with Crippen LogP contribution >= 0.6 is 0 Å². The third-order valence-electron chi connectivity index (χ3n) is 2.26. The van der Waals surface area contributed by atoms with Crippen molar-refractivity contribution >= 4 is 12.1 Å². The fraction of sp³-hybridized carbons (Fsp3) is 0.667. The number of nitrogens with zero attached hydrogens (tertiary/aromatic N) is 1. The first kappa shape index (κ1) is 14.5. The van der Waals surface area contributed by atoms with Crippen molar-refractivity contribution in [3.8, 4) is 0 Å². The maximum Gasteiger partial charge on any atom is 0.412 e. The first-order chi connectivity index (χ1) is 8.28. The normalized spacial score (nSPS) is 23.7. The molecule has 1 heterocycles. The molecule has 1 rings (SSSR count). The Kier molecular flexibility index (Phi) is 4.34. The van der Waals surface area contributed by atoms with Gasteiger partial charge in [-0.15, -0.1) is 6.58 Å². The van der Waals surface area contributed by atoms with E-state index in [4.69, 9.17) is 9.47 Å². The topological polar surface area (TPSA) is 65.1 Å². The van der Waals surface area contributed by atoms with Crippen molar-refractivity contribution in [2.45, 2.75) is 38.7 Å². The summed E-state index contributed by atoms with van der Waals surface area (Å²) in [7, 11) is 1.24. The smallest absolute Gasteiger partial charge is 0.412 e. The summed E-state index contributed by atoms with van der Waals surface area (Å²) >= 11 is 0. The Bertz CT molecular complexity index is 347. The second kappa shape index (κ2) is 5.39. The number of methoxy groups -OCH3 is 1. The minimum absolute atomic E-state index is 0.220. The zero-order valence-electron chi connectivity index (χ0n) is 11.1. The van der Waals surface area contributed by atoms with Crippen LogP contribution in [0.5, 0.6) is 0 Å². The minimum atomic E-state index is -1.08. The molecule has 2 unspecified atom stereocenters. The highest BCUT2D eigenvalue weighted by molar-refractivity contribution is 5.80. The summed E-state index contributed by atoms with van der Waals surface area (Å²) in [5.41, 5.74) is -0.635. The summed E-state index contributed by atoms with van der Waals surface area (Å²) in [4.78, 5) is 24.7. The second-order valence-electron chi connectivity index (χ2n) is 4.92. The summed E-state index contributed by atoms with van der Waals surface area (Å²) in [6, 6.07) is 0. The number of hydrogen-bond acceptors (Lipinski definition) is 5. The van der Waals surface area contributed by atoms with Crippen molar-refractivity contribution in [2.24, 2.45) is 0 Å². The molecule has 18 heavy (non-hydrogen) atoms. The third-order valence-corrected chi connectivity index (χ3v) is 2.26.